The zero-order valence-corrected chi connectivity index (χ0v) is 11.8. The van der Waals surface area contributed by atoms with Gasteiger partial charge in [-0.3, -0.25) is 14.9 Å². The summed E-state index contributed by atoms with van der Waals surface area (Å²) in [6, 6.07) is 4.86. The summed E-state index contributed by atoms with van der Waals surface area (Å²) in [6.07, 6.45) is 2.54. The fourth-order valence-corrected chi connectivity index (χ4v) is 2.11. The second kappa shape index (κ2) is 6.01. The number of rotatable bonds is 6. The molecule has 102 valence electrons. The van der Waals surface area contributed by atoms with Crippen molar-refractivity contribution in [1.29, 1.82) is 0 Å². The van der Waals surface area contributed by atoms with E-state index in [0.29, 0.717) is 23.5 Å². The molecule has 0 bridgehead atoms. The maximum atomic E-state index is 11.5. The number of nitrogens with one attached hydrogen (secondary N) is 2. The van der Waals surface area contributed by atoms with Gasteiger partial charge < -0.3 is 10.6 Å². The molecule has 1 aromatic rings. The highest BCUT2D eigenvalue weighted by Crippen LogP contribution is 2.27. The van der Waals surface area contributed by atoms with E-state index in [-0.39, 0.29) is 11.6 Å². The molecule has 19 heavy (non-hydrogen) atoms. The summed E-state index contributed by atoms with van der Waals surface area (Å²) >= 11 is 3.27. The van der Waals surface area contributed by atoms with Gasteiger partial charge in [0, 0.05) is 41.3 Å². The van der Waals surface area contributed by atoms with E-state index >= 15 is 0 Å². The van der Waals surface area contributed by atoms with E-state index in [0.717, 1.165) is 18.5 Å². The van der Waals surface area contributed by atoms with Crippen molar-refractivity contribution < 1.29 is 9.72 Å². The lowest BCUT2D eigenvalue weighted by molar-refractivity contribution is -0.384. The molecule has 0 heterocycles. The molecule has 0 spiro atoms. The van der Waals surface area contributed by atoms with Gasteiger partial charge in [0.25, 0.3) is 5.69 Å². The zero-order chi connectivity index (χ0) is 13.8. The summed E-state index contributed by atoms with van der Waals surface area (Å²) in [5, 5.41) is 16.6. The molecule has 6 nitrogen and oxygen atoms in total. The van der Waals surface area contributed by atoms with E-state index in [1.54, 1.807) is 6.07 Å². The summed E-state index contributed by atoms with van der Waals surface area (Å²) in [4.78, 5) is 21.6. The lowest BCUT2D eigenvalue weighted by atomic mass is 10.2. The average Bonchev–Trinajstić information content (AvgIpc) is 3.14. The Morgan fingerprint density at radius 1 is 1.47 bits per heavy atom. The van der Waals surface area contributed by atoms with Crippen LogP contribution in [0.25, 0.3) is 0 Å². The number of hydrogen-bond acceptors (Lipinski definition) is 4. The van der Waals surface area contributed by atoms with Crippen LogP contribution in [0.1, 0.15) is 19.3 Å². The Kier molecular flexibility index (Phi) is 4.36. The van der Waals surface area contributed by atoms with Gasteiger partial charge in [-0.2, -0.15) is 0 Å². The highest BCUT2D eigenvalue weighted by Gasteiger charge is 2.22. The molecule has 1 fully saturated rings. The molecular formula is C12H14BrN3O3. The first kappa shape index (κ1) is 13.8. The minimum absolute atomic E-state index is 0.0314. The van der Waals surface area contributed by atoms with Gasteiger partial charge in [0.2, 0.25) is 5.91 Å². The Bertz CT molecular complexity index is 503. The summed E-state index contributed by atoms with van der Waals surface area (Å²) in [5.41, 5.74) is 0.772. The topological polar surface area (TPSA) is 84.3 Å². The lowest BCUT2D eigenvalue weighted by Gasteiger charge is -2.08. The van der Waals surface area contributed by atoms with Crippen molar-refractivity contribution in [3.8, 4) is 0 Å². The summed E-state index contributed by atoms with van der Waals surface area (Å²) < 4.78 is 0.615. The minimum atomic E-state index is -0.447. The van der Waals surface area contributed by atoms with Crippen LogP contribution in [0.3, 0.4) is 0 Å². The number of amides is 1. The second-order valence-electron chi connectivity index (χ2n) is 4.44. The molecule has 0 aromatic heterocycles. The maximum absolute atomic E-state index is 11.5. The van der Waals surface area contributed by atoms with Crippen molar-refractivity contribution in [1.82, 2.24) is 5.32 Å². The van der Waals surface area contributed by atoms with E-state index in [2.05, 4.69) is 26.6 Å². The Labute approximate surface area is 118 Å². The molecule has 1 saturated carbocycles. The SMILES string of the molecule is O=C(CCNc1ccc([N+](=O)[O-])cc1Br)NC1CC1. The van der Waals surface area contributed by atoms with Gasteiger partial charge in [-0.1, -0.05) is 0 Å². The predicted octanol–water partition coefficient (Wildman–Crippen LogP) is 2.44. The third-order valence-electron chi connectivity index (χ3n) is 2.77. The molecular weight excluding hydrogens is 314 g/mol. The van der Waals surface area contributed by atoms with Gasteiger partial charge in [-0.25, -0.2) is 0 Å². The average molecular weight is 328 g/mol. The second-order valence-corrected chi connectivity index (χ2v) is 5.29. The number of nitro groups is 1. The number of nitrogens with zero attached hydrogens (tertiary/aromatic N) is 1. The summed E-state index contributed by atoms with van der Waals surface area (Å²) in [5.74, 6) is 0.0352. The lowest BCUT2D eigenvalue weighted by Crippen LogP contribution is -2.27. The molecule has 0 unspecified atom stereocenters. The van der Waals surface area contributed by atoms with Gasteiger partial charge in [-0.15, -0.1) is 0 Å². The van der Waals surface area contributed by atoms with E-state index < -0.39 is 4.92 Å². The van der Waals surface area contributed by atoms with Crippen LogP contribution in [0, 0.1) is 10.1 Å². The normalized spacial score (nSPS) is 13.9. The van der Waals surface area contributed by atoms with Crippen LogP contribution in [-0.2, 0) is 4.79 Å². The molecule has 0 radical (unpaired) electrons. The standard InChI is InChI=1S/C12H14BrN3O3/c13-10-7-9(16(18)19)3-4-11(10)14-6-5-12(17)15-8-1-2-8/h3-4,7-8,14H,1-2,5-6H2,(H,15,17). The van der Waals surface area contributed by atoms with E-state index in [4.69, 9.17) is 0 Å². The molecule has 1 aromatic carbocycles. The first-order chi connectivity index (χ1) is 9.06. The van der Waals surface area contributed by atoms with Crippen LogP contribution in [-0.4, -0.2) is 23.4 Å². The zero-order valence-electron chi connectivity index (χ0n) is 10.2. The third-order valence-corrected chi connectivity index (χ3v) is 3.43. The maximum Gasteiger partial charge on any atom is 0.270 e. The monoisotopic (exact) mass is 327 g/mol. The van der Waals surface area contributed by atoms with E-state index in [9.17, 15) is 14.9 Å². The first-order valence-corrected chi connectivity index (χ1v) is 6.83. The molecule has 1 aliphatic carbocycles. The summed E-state index contributed by atoms with van der Waals surface area (Å²) in [7, 11) is 0. The van der Waals surface area contributed by atoms with Gasteiger partial charge in [0.05, 0.1) is 4.92 Å². The van der Waals surface area contributed by atoms with Crippen LogP contribution >= 0.6 is 15.9 Å². The van der Waals surface area contributed by atoms with Crippen molar-refractivity contribution in [2.24, 2.45) is 0 Å². The van der Waals surface area contributed by atoms with Gasteiger partial charge in [0.15, 0.2) is 0 Å². The number of non-ortho nitro benzene ring substituents is 1. The van der Waals surface area contributed by atoms with E-state index in [1.165, 1.54) is 12.1 Å². The van der Waals surface area contributed by atoms with Crippen molar-refractivity contribution in [3.05, 3.63) is 32.8 Å². The number of hydrogen-bond donors (Lipinski definition) is 2. The Morgan fingerprint density at radius 3 is 2.79 bits per heavy atom. The highest BCUT2D eigenvalue weighted by molar-refractivity contribution is 9.10. The molecule has 7 heteroatoms. The fourth-order valence-electron chi connectivity index (χ4n) is 1.60. The molecule has 2 rings (SSSR count). The number of carbonyl (C=O) groups is 1. The largest absolute Gasteiger partial charge is 0.384 e. The minimum Gasteiger partial charge on any atom is -0.384 e. The molecule has 1 aliphatic rings. The van der Waals surface area contributed by atoms with Crippen LogP contribution in [0.2, 0.25) is 0 Å². The van der Waals surface area contributed by atoms with Crippen molar-refractivity contribution in [3.63, 3.8) is 0 Å². The first-order valence-electron chi connectivity index (χ1n) is 6.03. The van der Waals surface area contributed by atoms with Crippen LogP contribution in [0.15, 0.2) is 22.7 Å². The van der Waals surface area contributed by atoms with Crippen LogP contribution < -0.4 is 10.6 Å². The number of halogens is 1. The van der Waals surface area contributed by atoms with Gasteiger partial charge in [0.1, 0.15) is 0 Å². The van der Waals surface area contributed by atoms with Gasteiger partial charge in [-0.05, 0) is 34.8 Å². The number of anilines is 1. The van der Waals surface area contributed by atoms with Gasteiger partial charge >= 0.3 is 0 Å². The molecule has 0 saturated heterocycles. The number of benzene rings is 1. The van der Waals surface area contributed by atoms with Crippen molar-refractivity contribution >= 4 is 33.2 Å². The quantitative estimate of drug-likeness (QED) is 0.620. The fraction of sp³-hybridized carbons (Fsp3) is 0.417. The summed E-state index contributed by atoms with van der Waals surface area (Å²) in [6.45, 7) is 0.495. The third kappa shape index (κ3) is 4.20. The molecule has 1 amide bonds. The predicted molar refractivity (Wildman–Crippen MR) is 75.1 cm³/mol. The van der Waals surface area contributed by atoms with Crippen molar-refractivity contribution in [2.45, 2.75) is 25.3 Å². The van der Waals surface area contributed by atoms with Crippen LogP contribution in [0.5, 0.6) is 0 Å². The highest BCUT2D eigenvalue weighted by atomic mass is 79.9. The Morgan fingerprint density at radius 2 is 2.21 bits per heavy atom. The molecule has 0 atom stereocenters. The number of nitro benzene ring substituents is 1. The van der Waals surface area contributed by atoms with Crippen molar-refractivity contribution in [2.75, 3.05) is 11.9 Å². The molecule has 0 aliphatic heterocycles. The Hall–Kier alpha value is -1.63. The smallest absolute Gasteiger partial charge is 0.270 e. The Balaban J connectivity index is 1.81. The number of carbonyl (C=O) groups excluding carboxylic acids is 1. The van der Waals surface area contributed by atoms with E-state index in [1.807, 2.05) is 0 Å². The molecule has 2 N–H and O–H groups in total. The van der Waals surface area contributed by atoms with Crippen LogP contribution in [0.4, 0.5) is 11.4 Å².